The molecule has 1 heterocycles. The van der Waals surface area contributed by atoms with Crippen LogP contribution in [0, 0.1) is 0 Å². The Bertz CT molecular complexity index is 571. The van der Waals surface area contributed by atoms with E-state index in [9.17, 15) is 14.7 Å². The summed E-state index contributed by atoms with van der Waals surface area (Å²) in [5, 5.41) is 14.6. The van der Waals surface area contributed by atoms with E-state index >= 15 is 0 Å². The fourth-order valence-electron chi connectivity index (χ4n) is 2.86. The summed E-state index contributed by atoms with van der Waals surface area (Å²) < 4.78 is 5.26. The van der Waals surface area contributed by atoms with Crippen molar-refractivity contribution in [1.29, 1.82) is 0 Å². The second kappa shape index (κ2) is 8.49. The first-order chi connectivity index (χ1) is 10.4. The summed E-state index contributed by atoms with van der Waals surface area (Å²) in [7, 11) is 3.30. The molecule has 6 nitrogen and oxygen atoms in total. The molecule has 128 valence electrons. The van der Waals surface area contributed by atoms with E-state index in [2.05, 4.69) is 17.1 Å². The smallest absolute Gasteiger partial charge is 0.337 e. The number of quaternary nitrogens is 1. The van der Waals surface area contributed by atoms with E-state index in [0.29, 0.717) is 12.2 Å². The van der Waals surface area contributed by atoms with E-state index in [1.807, 2.05) is 0 Å². The van der Waals surface area contributed by atoms with Gasteiger partial charge in [-0.1, -0.05) is 5.75 Å². The molecule has 1 aliphatic rings. The molecule has 0 atom stereocenters. The van der Waals surface area contributed by atoms with Gasteiger partial charge in [-0.25, -0.2) is 4.79 Å². The van der Waals surface area contributed by atoms with Crippen LogP contribution in [0.2, 0.25) is 0 Å². The van der Waals surface area contributed by atoms with E-state index in [1.165, 1.54) is 25.7 Å². The van der Waals surface area contributed by atoms with Gasteiger partial charge in [-0.3, -0.25) is 4.79 Å². The number of anilines is 1. The summed E-state index contributed by atoms with van der Waals surface area (Å²) in [6.07, 6.45) is 3.51. The number of carbonyl (C=O) groups is 2. The second-order valence-electron chi connectivity index (χ2n) is 6.04. The minimum atomic E-state index is -0.672. The maximum atomic E-state index is 12.2. The molecule has 1 amide bonds. The predicted molar refractivity (Wildman–Crippen MR) is 95.9 cm³/mol. The molecule has 7 heteroatoms. The molecule has 0 saturated carbocycles. The quantitative estimate of drug-likeness (QED) is 0.445. The largest absolute Gasteiger partial charge is 0.872 e. The zero-order valence-corrected chi connectivity index (χ0v) is 15.8. The number of carbonyl (C=O) groups excluding carboxylic acids is 2. The molecule has 0 unspecified atom stereocenters. The lowest BCUT2D eigenvalue weighted by molar-refractivity contribution is -0.906. The number of methoxy groups -OCH3 is 1. The third kappa shape index (κ3) is 5.35. The van der Waals surface area contributed by atoms with Crippen LogP contribution in [0.4, 0.5) is 5.69 Å². The molecule has 23 heavy (non-hydrogen) atoms. The Balaban J connectivity index is 0.00000264. The number of benzene rings is 1. The van der Waals surface area contributed by atoms with Gasteiger partial charge >= 0.3 is 5.97 Å². The van der Waals surface area contributed by atoms with Gasteiger partial charge in [0.15, 0.2) is 6.54 Å². The molecule has 1 N–H and O–H groups in total. The Morgan fingerprint density at radius 3 is 2.48 bits per heavy atom. The average Bonchev–Trinajstić information content (AvgIpc) is 2.46. The lowest BCUT2D eigenvalue weighted by Crippen LogP contribution is -2.51. The molecule has 0 bridgehead atoms. The highest BCUT2D eigenvalue weighted by Gasteiger charge is 2.27. The van der Waals surface area contributed by atoms with E-state index < -0.39 is 11.7 Å². The van der Waals surface area contributed by atoms with Gasteiger partial charge in [-0.05, 0) is 37.5 Å². The van der Waals surface area contributed by atoms with Gasteiger partial charge in [0, 0.05) is 5.69 Å². The van der Waals surface area contributed by atoms with Gasteiger partial charge < -0.3 is 19.6 Å². The molecule has 1 aromatic carbocycles. The van der Waals surface area contributed by atoms with Crippen molar-refractivity contribution in [2.24, 2.45) is 0 Å². The van der Waals surface area contributed by atoms with Crippen molar-refractivity contribution in [2.45, 2.75) is 19.3 Å². The molecular weight excluding hydrogens is 411 g/mol. The van der Waals surface area contributed by atoms with Crippen LogP contribution in [0.1, 0.15) is 29.6 Å². The summed E-state index contributed by atoms with van der Waals surface area (Å²) in [6.45, 7) is 2.40. The molecular formula is C16H23IN2O4. The van der Waals surface area contributed by atoms with Crippen LogP contribution in [0.25, 0.3) is 0 Å². The summed E-state index contributed by atoms with van der Waals surface area (Å²) in [5.74, 6) is -1.24. The van der Waals surface area contributed by atoms with Crippen LogP contribution in [0.15, 0.2) is 18.2 Å². The summed E-state index contributed by atoms with van der Waals surface area (Å²) in [4.78, 5) is 23.5. The van der Waals surface area contributed by atoms with Crippen LogP contribution < -0.4 is 10.4 Å². The number of rotatable bonds is 4. The Kier molecular flexibility index (Phi) is 7.27. The van der Waals surface area contributed by atoms with Crippen molar-refractivity contribution in [2.75, 3.05) is 39.1 Å². The average molecular weight is 434 g/mol. The van der Waals surface area contributed by atoms with Crippen molar-refractivity contribution in [3.8, 4) is 5.75 Å². The summed E-state index contributed by atoms with van der Waals surface area (Å²) in [6, 6.07) is 4.17. The van der Waals surface area contributed by atoms with Crippen LogP contribution in [0.5, 0.6) is 5.75 Å². The number of hydrogen-bond donors (Lipinski definition) is 1. The number of nitrogens with one attached hydrogen (secondary N) is 1. The molecule has 0 aliphatic carbocycles. The van der Waals surface area contributed by atoms with Crippen molar-refractivity contribution >= 4 is 41.5 Å². The lowest BCUT2D eigenvalue weighted by atomic mass is 10.1. The molecule has 1 aliphatic heterocycles. The highest BCUT2D eigenvalue weighted by atomic mass is 127. The molecule has 1 aromatic rings. The molecule has 0 aromatic heterocycles. The zero-order valence-electron chi connectivity index (χ0n) is 13.5. The lowest BCUT2D eigenvalue weighted by Gasteiger charge is -2.37. The third-order valence-corrected chi connectivity index (χ3v) is 4.09. The SMILES string of the molecule is COC(=O)c1ccc(NC(=O)C[N+]2(C)CCCCC2)cc1[O-].I. The highest BCUT2D eigenvalue weighted by Crippen LogP contribution is 2.21. The maximum absolute atomic E-state index is 12.2. The summed E-state index contributed by atoms with van der Waals surface area (Å²) in [5.41, 5.74) is 0.377. The van der Waals surface area contributed by atoms with Crippen LogP contribution in [-0.4, -0.2) is 50.2 Å². The number of ether oxygens (including phenoxy) is 1. The summed E-state index contributed by atoms with van der Waals surface area (Å²) >= 11 is 0. The number of halogens is 1. The predicted octanol–water partition coefficient (Wildman–Crippen LogP) is 1.73. The number of amides is 1. The van der Waals surface area contributed by atoms with Crippen molar-refractivity contribution in [1.82, 2.24) is 0 Å². The van der Waals surface area contributed by atoms with Crippen LogP contribution in [0.3, 0.4) is 0 Å². The standard InChI is InChI=1S/C16H22N2O4.HI/c1-18(8-4-3-5-9-18)11-15(20)17-12-6-7-13(14(19)10-12)16(21)22-2;/h6-7,10H,3-5,8-9,11H2,1-2H3,(H-,17,19,20,21);1H. The number of hydrogen-bond acceptors (Lipinski definition) is 4. The van der Waals surface area contributed by atoms with Gasteiger partial charge in [0.25, 0.3) is 5.91 Å². The second-order valence-corrected chi connectivity index (χ2v) is 6.04. The van der Waals surface area contributed by atoms with Gasteiger partial charge in [-0.2, -0.15) is 0 Å². The van der Waals surface area contributed by atoms with Gasteiger partial charge in [0.05, 0.1) is 32.8 Å². The monoisotopic (exact) mass is 434 g/mol. The highest BCUT2D eigenvalue weighted by molar-refractivity contribution is 14.0. The number of nitrogens with zero attached hydrogens (tertiary/aromatic N) is 1. The van der Waals surface area contributed by atoms with Crippen molar-refractivity contribution < 1.29 is 23.9 Å². The Morgan fingerprint density at radius 2 is 1.91 bits per heavy atom. The van der Waals surface area contributed by atoms with Gasteiger partial charge in [0.2, 0.25) is 0 Å². The van der Waals surface area contributed by atoms with E-state index in [4.69, 9.17) is 0 Å². The minimum Gasteiger partial charge on any atom is -0.872 e. The molecule has 1 saturated heterocycles. The fourth-order valence-corrected chi connectivity index (χ4v) is 2.86. The first kappa shape index (κ1) is 19.7. The van der Waals surface area contributed by atoms with E-state index in [1.54, 1.807) is 6.07 Å². The Labute approximate surface area is 153 Å². The van der Waals surface area contributed by atoms with E-state index in [-0.39, 0.29) is 35.4 Å². The number of esters is 1. The number of likely N-dealkylation sites (N-methyl/N-ethyl adjacent to an activating group) is 1. The first-order valence-electron chi connectivity index (χ1n) is 7.46. The number of piperidine rings is 1. The molecule has 0 spiro atoms. The molecule has 2 rings (SSSR count). The first-order valence-corrected chi connectivity index (χ1v) is 7.46. The Morgan fingerprint density at radius 1 is 1.26 bits per heavy atom. The molecule has 0 radical (unpaired) electrons. The van der Waals surface area contributed by atoms with Gasteiger partial charge in [0.1, 0.15) is 0 Å². The Hall–Kier alpha value is -1.35. The van der Waals surface area contributed by atoms with Crippen LogP contribution in [-0.2, 0) is 9.53 Å². The fraction of sp³-hybridized carbons (Fsp3) is 0.500. The van der Waals surface area contributed by atoms with Crippen LogP contribution >= 0.6 is 24.0 Å². The third-order valence-electron chi connectivity index (χ3n) is 4.09. The van der Waals surface area contributed by atoms with Crippen molar-refractivity contribution in [3.63, 3.8) is 0 Å². The normalized spacial score (nSPS) is 16.1. The number of likely N-dealkylation sites (tertiary alicyclic amines) is 1. The molecule has 1 fully saturated rings. The van der Waals surface area contributed by atoms with Crippen molar-refractivity contribution in [3.05, 3.63) is 23.8 Å². The van der Waals surface area contributed by atoms with Gasteiger partial charge in [-0.15, -0.1) is 24.0 Å². The topological polar surface area (TPSA) is 78.5 Å². The zero-order chi connectivity index (χ0) is 16.2. The minimum absolute atomic E-state index is 0. The van der Waals surface area contributed by atoms with E-state index in [0.717, 1.165) is 30.4 Å². The maximum Gasteiger partial charge on any atom is 0.337 e.